The van der Waals surface area contributed by atoms with Gasteiger partial charge in [-0.25, -0.2) is 4.39 Å². The molecule has 9 heteroatoms. The molecular formula is C26H25ClFN5O2. The molecule has 7 nitrogen and oxygen atoms in total. The summed E-state index contributed by atoms with van der Waals surface area (Å²) in [6.07, 6.45) is 1.77. The summed E-state index contributed by atoms with van der Waals surface area (Å²) < 4.78 is 13.2. The van der Waals surface area contributed by atoms with Crippen LogP contribution in [0.4, 0.5) is 10.2 Å². The number of halogens is 2. The van der Waals surface area contributed by atoms with Crippen molar-refractivity contribution in [3.8, 4) is 11.3 Å². The molecule has 1 aliphatic heterocycles. The van der Waals surface area contributed by atoms with Gasteiger partial charge in [-0.1, -0.05) is 29.8 Å². The van der Waals surface area contributed by atoms with Crippen molar-refractivity contribution < 1.29 is 14.0 Å². The summed E-state index contributed by atoms with van der Waals surface area (Å²) in [6.45, 7) is 2.36. The summed E-state index contributed by atoms with van der Waals surface area (Å²) in [5.74, 6) is 0.0520. The summed E-state index contributed by atoms with van der Waals surface area (Å²) >= 11 is 6.26. The van der Waals surface area contributed by atoms with Gasteiger partial charge in [0, 0.05) is 43.3 Å². The molecule has 0 bridgehead atoms. The van der Waals surface area contributed by atoms with E-state index in [-0.39, 0.29) is 24.4 Å². The lowest BCUT2D eigenvalue weighted by Gasteiger charge is -2.36. The van der Waals surface area contributed by atoms with Gasteiger partial charge in [-0.3, -0.25) is 9.59 Å². The number of nitrogens with zero attached hydrogens (tertiary/aromatic N) is 5. The Kier molecular flexibility index (Phi) is 6.63. The third-order valence-corrected chi connectivity index (χ3v) is 6.73. The van der Waals surface area contributed by atoms with Gasteiger partial charge in [-0.2, -0.15) is 0 Å². The van der Waals surface area contributed by atoms with Crippen molar-refractivity contribution in [3.63, 3.8) is 0 Å². The Morgan fingerprint density at radius 3 is 2.29 bits per heavy atom. The number of carbonyl (C=O) groups excluding carboxylic acids is 2. The Morgan fingerprint density at radius 2 is 1.66 bits per heavy atom. The molecule has 2 heterocycles. The highest BCUT2D eigenvalue weighted by atomic mass is 35.5. The number of aromatic nitrogens is 2. The summed E-state index contributed by atoms with van der Waals surface area (Å²) in [7, 11) is 0. The van der Waals surface area contributed by atoms with E-state index in [1.165, 1.54) is 24.3 Å². The highest BCUT2D eigenvalue weighted by Gasteiger charge is 2.35. The Hall–Kier alpha value is -3.52. The van der Waals surface area contributed by atoms with Crippen LogP contribution < -0.4 is 4.90 Å². The smallest absolute Gasteiger partial charge is 0.254 e. The van der Waals surface area contributed by atoms with Crippen molar-refractivity contribution in [1.29, 1.82) is 0 Å². The molecule has 2 fully saturated rings. The van der Waals surface area contributed by atoms with Gasteiger partial charge >= 0.3 is 0 Å². The summed E-state index contributed by atoms with van der Waals surface area (Å²) in [6, 6.07) is 16.9. The molecule has 35 heavy (non-hydrogen) atoms. The van der Waals surface area contributed by atoms with E-state index in [1.807, 2.05) is 36.4 Å². The molecule has 0 atom stereocenters. The molecule has 1 aromatic heterocycles. The standard InChI is InChI=1S/C26H25ClFN5O2/c27-22-4-2-1-3-21(22)23-11-12-24(30-29-23)31-13-15-32(16-14-31)25(34)17-33(20-9-10-20)26(35)18-5-7-19(28)8-6-18/h1-8,11-12,20H,9-10,13-17H2. The molecular weight excluding hydrogens is 469 g/mol. The Labute approximate surface area is 208 Å². The second-order valence-corrected chi connectivity index (χ2v) is 9.20. The van der Waals surface area contributed by atoms with Gasteiger partial charge in [-0.15, -0.1) is 10.2 Å². The van der Waals surface area contributed by atoms with Gasteiger partial charge in [0.05, 0.1) is 10.7 Å². The van der Waals surface area contributed by atoms with Crippen LogP contribution in [0.15, 0.2) is 60.7 Å². The fourth-order valence-electron chi connectivity index (χ4n) is 4.25. The van der Waals surface area contributed by atoms with Crippen LogP contribution in [0.5, 0.6) is 0 Å². The molecule has 1 saturated carbocycles. The molecule has 1 aliphatic carbocycles. The molecule has 0 radical (unpaired) electrons. The lowest BCUT2D eigenvalue weighted by molar-refractivity contribution is -0.132. The van der Waals surface area contributed by atoms with Crippen LogP contribution >= 0.6 is 11.6 Å². The van der Waals surface area contributed by atoms with Crippen LogP contribution in [0.1, 0.15) is 23.2 Å². The van der Waals surface area contributed by atoms with Crippen LogP contribution in [-0.2, 0) is 4.79 Å². The summed E-state index contributed by atoms with van der Waals surface area (Å²) in [5, 5.41) is 9.33. The first-order chi connectivity index (χ1) is 17.0. The second kappa shape index (κ2) is 10.00. The first kappa shape index (κ1) is 23.2. The normalized spacial score (nSPS) is 15.7. The zero-order chi connectivity index (χ0) is 24.4. The fourth-order valence-corrected chi connectivity index (χ4v) is 4.48. The van der Waals surface area contributed by atoms with Crippen LogP contribution in [0.25, 0.3) is 11.3 Å². The molecule has 0 N–H and O–H groups in total. The maximum atomic E-state index is 13.2. The van der Waals surface area contributed by atoms with E-state index in [0.29, 0.717) is 42.5 Å². The zero-order valence-electron chi connectivity index (χ0n) is 19.1. The molecule has 1 saturated heterocycles. The maximum absolute atomic E-state index is 13.2. The van der Waals surface area contributed by atoms with Crippen LogP contribution in [0.2, 0.25) is 5.02 Å². The van der Waals surface area contributed by atoms with E-state index in [2.05, 4.69) is 15.1 Å². The Bertz CT molecular complexity index is 1210. The summed E-state index contributed by atoms with van der Waals surface area (Å²) in [5.41, 5.74) is 1.94. The highest BCUT2D eigenvalue weighted by Crippen LogP contribution is 2.29. The van der Waals surface area contributed by atoms with Gasteiger partial charge < -0.3 is 14.7 Å². The fraction of sp³-hybridized carbons (Fsp3) is 0.308. The number of anilines is 1. The van der Waals surface area contributed by atoms with Crippen LogP contribution in [0, 0.1) is 5.82 Å². The van der Waals surface area contributed by atoms with Crippen molar-refractivity contribution in [1.82, 2.24) is 20.0 Å². The van der Waals surface area contributed by atoms with Gasteiger partial charge in [0.25, 0.3) is 5.91 Å². The van der Waals surface area contributed by atoms with Crippen molar-refractivity contribution in [2.24, 2.45) is 0 Å². The molecule has 2 aromatic carbocycles. The Morgan fingerprint density at radius 1 is 0.943 bits per heavy atom. The average Bonchev–Trinajstić information content (AvgIpc) is 3.73. The van der Waals surface area contributed by atoms with Crippen LogP contribution in [0.3, 0.4) is 0 Å². The molecule has 3 aromatic rings. The number of amides is 2. The molecule has 180 valence electrons. The molecule has 2 amide bonds. The van der Waals surface area contributed by atoms with Crippen molar-refractivity contribution in [3.05, 3.63) is 77.1 Å². The average molecular weight is 494 g/mol. The molecule has 0 spiro atoms. The first-order valence-electron chi connectivity index (χ1n) is 11.7. The minimum absolute atomic E-state index is 0.0349. The van der Waals surface area contributed by atoms with Gasteiger partial charge in [0.1, 0.15) is 12.4 Å². The van der Waals surface area contributed by atoms with E-state index in [9.17, 15) is 14.0 Å². The third-order valence-electron chi connectivity index (χ3n) is 6.40. The highest BCUT2D eigenvalue weighted by molar-refractivity contribution is 6.33. The second-order valence-electron chi connectivity index (χ2n) is 8.80. The SMILES string of the molecule is O=C(CN(C(=O)c1ccc(F)cc1)C1CC1)N1CCN(c2ccc(-c3ccccc3Cl)nn2)CC1. The number of hydrogen-bond acceptors (Lipinski definition) is 5. The predicted molar refractivity (Wildman–Crippen MR) is 132 cm³/mol. The number of hydrogen-bond donors (Lipinski definition) is 0. The van der Waals surface area contributed by atoms with E-state index >= 15 is 0 Å². The quantitative estimate of drug-likeness (QED) is 0.521. The topological polar surface area (TPSA) is 69.6 Å². The number of rotatable bonds is 6. The lowest BCUT2D eigenvalue weighted by Crippen LogP contribution is -2.52. The third kappa shape index (κ3) is 5.27. The number of benzene rings is 2. The maximum Gasteiger partial charge on any atom is 0.254 e. The van der Waals surface area contributed by atoms with Crippen molar-refractivity contribution >= 4 is 29.2 Å². The number of piperazine rings is 1. The van der Waals surface area contributed by atoms with E-state index < -0.39 is 5.82 Å². The molecule has 0 unspecified atom stereocenters. The van der Waals surface area contributed by atoms with E-state index in [1.54, 1.807) is 9.80 Å². The minimum atomic E-state index is -0.392. The Balaban J connectivity index is 1.18. The predicted octanol–water partition coefficient (Wildman–Crippen LogP) is 3.89. The summed E-state index contributed by atoms with van der Waals surface area (Å²) in [4.78, 5) is 31.5. The number of carbonyl (C=O) groups is 2. The van der Waals surface area contributed by atoms with Crippen molar-refractivity contribution in [2.75, 3.05) is 37.6 Å². The minimum Gasteiger partial charge on any atom is -0.352 e. The molecule has 2 aliphatic rings. The van der Waals surface area contributed by atoms with Gasteiger partial charge in [0.15, 0.2) is 5.82 Å². The van der Waals surface area contributed by atoms with Gasteiger partial charge in [0.2, 0.25) is 5.91 Å². The first-order valence-corrected chi connectivity index (χ1v) is 12.1. The van der Waals surface area contributed by atoms with E-state index in [4.69, 9.17) is 11.6 Å². The van der Waals surface area contributed by atoms with E-state index in [0.717, 1.165) is 24.2 Å². The lowest BCUT2D eigenvalue weighted by atomic mass is 10.1. The van der Waals surface area contributed by atoms with Crippen molar-refractivity contribution in [2.45, 2.75) is 18.9 Å². The largest absolute Gasteiger partial charge is 0.352 e. The van der Waals surface area contributed by atoms with Crippen LogP contribution in [-0.4, -0.2) is 70.6 Å². The monoisotopic (exact) mass is 493 g/mol. The van der Waals surface area contributed by atoms with Gasteiger partial charge in [-0.05, 0) is 55.3 Å². The zero-order valence-corrected chi connectivity index (χ0v) is 19.9. The molecule has 5 rings (SSSR count).